The van der Waals surface area contributed by atoms with Crippen LogP contribution in [0.1, 0.15) is 68.2 Å². The molecule has 5 aliphatic rings. The predicted octanol–water partition coefficient (Wildman–Crippen LogP) is 11.1. The molecule has 0 N–H and O–H groups in total. The maximum absolute atomic E-state index is 6.10. The minimum absolute atomic E-state index is 0.0591. The molecule has 0 saturated heterocycles. The van der Waals surface area contributed by atoms with Crippen LogP contribution in [0.25, 0.3) is 45.2 Å². The van der Waals surface area contributed by atoms with Crippen LogP contribution < -0.4 is 0 Å². The largest absolute Gasteiger partial charge is 0.416 e. The molecule has 0 radical (unpaired) electrons. The molecule has 4 bridgehead atoms. The molecule has 6 aromatic rings. The van der Waals surface area contributed by atoms with Gasteiger partial charge in [-0.15, -0.1) is 10.2 Å². The molecule has 1 spiro atoms. The molecule has 0 unspecified atom stereocenters. The lowest BCUT2D eigenvalue weighted by Gasteiger charge is -2.64. The molecular formula is C45H40N2O. The van der Waals surface area contributed by atoms with Crippen LogP contribution in [-0.4, -0.2) is 10.2 Å². The monoisotopic (exact) mass is 624 g/mol. The van der Waals surface area contributed by atoms with Gasteiger partial charge in [-0.2, -0.15) is 0 Å². The Morgan fingerprint density at radius 2 is 0.958 bits per heavy atom. The van der Waals surface area contributed by atoms with E-state index in [9.17, 15) is 0 Å². The number of benzene rings is 5. The van der Waals surface area contributed by atoms with E-state index in [4.69, 9.17) is 4.42 Å². The summed E-state index contributed by atoms with van der Waals surface area (Å²) in [5, 5.41) is 8.70. The first-order valence-electron chi connectivity index (χ1n) is 17.8. The van der Waals surface area contributed by atoms with E-state index in [2.05, 4.69) is 109 Å². The second-order valence-electron chi connectivity index (χ2n) is 15.5. The van der Waals surface area contributed by atoms with Crippen molar-refractivity contribution in [3.05, 3.63) is 144 Å². The van der Waals surface area contributed by atoms with Gasteiger partial charge in [0.15, 0.2) is 0 Å². The van der Waals surface area contributed by atoms with Crippen LogP contribution in [-0.2, 0) is 10.8 Å². The lowest BCUT2D eigenvalue weighted by Crippen LogP contribution is -2.58. The number of aromatic nitrogens is 2. The highest BCUT2D eigenvalue weighted by atomic mass is 16.4. The van der Waals surface area contributed by atoms with Gasteiger partial charge in [-0.3, -0.25) is 0 Å². The Labute approximate surface area is 283 Å². The first-order valence-corrected chi connectivity index (χ1v) is 17.8. The number of hydrogen-bond donors (Lipinski definition) is 0. The predicted molar refractivity (Wildman–Crippen MR) is 192 cm³/mol. The van der Waals surface area contributed by atoms with Gasteiger partial charge in [-0.25, -0.2) is 0 Å². The maximum atomic E-state index is 6.10. The second kappa shape index (κ2) is 10.4. The standard InChI is InChI=1S/C45H40N2O/c1-44(2)38-16-6-7-17-39(38)45(36-21-28-20-29(23-36)24-37(45)22-28)40-19-18-34(27-41(40)44)32-13-8-12-31(25-32)33-14-9-15-35(26-33)43-47-46-42(48-43)30-10-4-3-5-11-30/h3-19,25-29,36-37H,20-24H2,1-2H3. The van der Waals surface area contributed by atoms with E-state index in [1.54, 1.807) is 16.7 Å². The van der Waals surface area contributed by atoms with Gasteiger partial charge in [0.2, 0.25) is 11.8 Å². The fourth-order valence-electron chi connectivity index (χ4n) is 10.8. The number of hydrogen-bond acceptors (Lipinski definition) is 3. The minimum atomic E-state index is -0.0591. The highest BCUT2D eigenvalue weighted by Crippen LogP contribution is 2.68. The summed E-state index contributed by atoms with van der Waals surface area (Å²) >= 11 is 0. The maximum Gasteiger partial charge on any atom is 0.248 e. The van der Waals surface area contributed by atoms with Gasteiger partial charge in [0.1, 0.15) is 0 Å². The summed E-state index contributed by atoms with van der Waals surface area (Å²) in [5.41, 5.74) is 13.1. The zero-order valence-corrected chi connectivity index (χ0v) is 27.7. The van der Waals surface area contributed by atoms with E-state index in [-0.39, 0.29) is 10.8 Å². The number of nitrogens with zero attached hydrogens (tertiary/aromatic N) is 2. The third-order valence-corrected chi connectivity index (χ3v) is 12.7. The van der Waals surface area contributed by atoms with Gasteiger partial charge < -0.3 is 4.42 Å². The average molecular weight is 625 g/mol. The van der Waals surface area contributed by atoms with Crippen LogP contribution in [0.2, 0.25) is 0 Å². The fraction of sp³-hybridized carbons (Fsp3) is 0.289. The molecule has 1 aromatic heterocycles. The summed E-state index contributed by atoms with van der Waals surface area (Å²) < 4.78 is 6.10. The molecule has 4 saturated carbocycles. The van der Waals surface area contributed by atoms with Gasteiger partial charge in [0.25, 0.3) is 0 Å². The van der Waals surface area contributed by atoms with E-state index in [0.29, 0.717) is 11.8 Å². The lowest BCUT2D eigenvalue weighted by molar-refractivity contribution is -0.0443. The van der Waals surface area contributed by atoms with Crippen LogP contribution in [0.15, 0.2) is 126 Å². The van der Waals surface area contributed by atoms with Crippen molar-refractivity contribution in [3.8, 4) is 45.2 Å². The van der Waals surface area contributed by atoms with Crippen LogP contribution >= 0.6 is 0 Å². The topological polar surface area (TPSA) is 38.9 Å². The van der Waals surface area contributed by atoms with Crippen molar-refractivity contribution in [2.45, 2.75) is 56.8 Å². The Morgan fingerprint density at radius 3 is 1.62 bits per heavy atom. The van der Waals surface area contributed by atoms with Crippen LogP contribution in [0.5, 0.6) is 0 Å². The highest BCUT2D eigenvalue weighted by molar-refractivity contribution is 5.77. The molecular weight excluding hydrogens is 585 g/mol. The number of fused-ring (bicyclic) bond motifs is 2. The van der Waals surface area contributed by atoms with Crippen LogP contribution in [0.4, 0.5) is 0 Å². The molecule has 5 aliphatic carbocycles. The lowest BCUT2D eigenvalue weighted by atomic mass is 9.39. The SMILES string of the molecule is CC1(C)c2ccccc2C2(c3ccc(-c4cccc(-c5cccc(-c6nnc(-c7ccccc7)o6)c5)c4)cc31)C1CC3CC(C1)CC2C3. The van der Waals surface area contributed by atoms with E-state index < -0.39 is 0 Å². The third-order valence-electron chi connectivity index (χ3n) is 12.7. The summed E-state index contributed by atoms with van der Waals surface area (Å²) in [6, 6.07) is 44.4. The van der Waals surface area contributed by atoms with Gasteiger partial charge in [-0.05, 0) is 137 Å². The molecule has 0 aliphatic heterocycles. The summed E-state index contributed by atoms with van der Waals surface area (Å²) in [7, 11) is 0. The van der Waals surface area contributed by atoms with E-state index in [0.717, 1.165) is 40.4 Å². The Bertz CT molecular complexity index is 2160. The van der Waals surface area contributed by atoms with Crippen molar-refractivity contribution in [3.63, 3.8) is 0 Å². The van der Waals surface area contributed by atoms with Gasteiger partial charge in [-0.1, -0.05) is 98.8 Å². The Morgan fingerprint density at radius 1 is 0.458 bits per heavy atom. The van der Waals surface area contributed by atoms with Crippen molar-refractivity contribution < 1.29 is 4.42 Å². The molecule has 3 nitrogen and oxygen atoms in total. The Kier molecular flexibility index (Phi) is 6.11. The molecule has 0 amide bonds. The fourth-order valence-corrected chi connectivity index (χ4v) is 10.8. The molecule has 48 heavy (non-hydrogen) atoms. The zero-order valence-electron chi connectivity index (χ0n) is 27.7. The molecule has 4 fully saturated rings. The van der Waals surface area contributed by atoms with Crippen molar-refractivity contribution in [2.75, 3.05) is 0 Å². The third kappa shape index (κ3) is 4.06. The van der Waals surface area contributed by atoms with E-state index >= 15 is 0 Å². The van der Waals surface area contributed by atoms with Crippen molar-refractivity contribution in [1.82, 2.24) is 10.2 Å². The molecule has 1 heterocycles. The summed E-state index contributed by atoms with van der Waals surface area (Å²) in [6.07, 6.45) is 7.09. The zero-order chi connectivity index (χ0) is 32.0. The van der Waals surface area contributed by atoms with Crippen LogP contribution in [0.3, 0.4) is 0 Å². The van der Waals surface area contributed by atoms with E-state index in [1.165, 1.54) is 54.4 Å². The van der Waals surface area contributed by atoms with Crippen molar-refractivity contribution in [2.24, 2.45) is 23.7 Å². The van der Waals surface area contributed by atoms with Crippen molar-refractivity contribution in [1.29, 1.82) is 0 Å². The molecule has 3 heteroatoms. The Balaban J connectivity index is 1.04. The molecule has 5 aromatic carbocycles. The normalized spacial score (nSPS) is 26.0. The molecule has 0 atom stereocenters. The first kappa shape index (κ1) is 28.3. The van der Waals surface area contributed by atoms with Gasteiger partial charge >= 0.3 is 0 Å². The first-order chi connectivity index (χ1) is 23.5. The number of rotatable bonds is 4. The quantitative estimate of drug-likeness (QED) is 0.196. The molecule has 236 valence electrons. The average Bonchev–Trinajstić information content (AvgIpc) is 3.63. The summed E-state index contributed by atoms with van der Waals surface area (Å²) in [4.78, 5) is 0. The summed E-state index contributed by atoms with van der Waals surface area (Å²) in [6.45, 7) is 4.92. The van der Waals surface area contributed by atoms with Gasteiger partial charge in [0.05, 0.1) is 0 Å². The smallest absolute Gasteiger partial charge is 0.248 e. The second-order valence-corrected chi connectivity index (χ2v) is 15.5. The minimum Gasteiger partial charge on any atom is -0.416 e. The van der Waals surface area contributed by atoms with E-state index in [1.807, 2.05) is 36.4 Å². The highest BCUT2D eigenvalue weighted by Gasteiger charge is 2.62. The molecule has 11 rings (SSSR count). The Hall–Kier alpha value is -4.76. The van der Waals surface area contributed by atoms with Crippen molar-refractivity contribution >= 4 is 0 Å². The summed E-state index contributed by atoms with van der Waals surface area (Å²) in [5.74, 6) is 4.46. The van der Waals surface area contributed by atoms with Gasteiger partial charge in [0, 0.05) is 22.0 Å². The van der Waals surface area contributed by atoms with Crippen LogP contribution in [0, 0.1) is 23.7 Å².